The second-order valence-corrected chi connectivity index (χ2v) is 3.36. The van der Waals surface area contributed by atoms with Crippen molar-refractivity contribution in [1.82, 2.24) is 4.57 Å². The molecule has 1 rings (SSSR count). The van der Waals surface area contributed by atoms with Gasteiger partial charge in [-0.05, 0) is 31.6 Å². The molecule has 0 aliphatic rings. The third-order valence-corrected chi connectivity index (χ3v) is 2.47. The Kier molecular flexibility index (Phi) is 2.96. The van der Waals surface area contributed by atoms with Crippen molar-refractivity contribution in [3.05, 3.63) is 28.6 Å². The van der Waals surface area contributed by atoms with Crippen molar-refractivity contribution < 1.29 is 9.90 Å². The number of aliphatic carboxylic acids is 1. The van der Waals surface area contributed by atoms with E-state index >= 15 is 0 Å². The lowest BCUT2D eigenvalue weighted by molar-refractivity contribution is -0.132. The number of rotatable bonds is 2. The van der Waals surface area contributed by atoms with Crippen LogP contribution in [0.3, 0.4) is 0 Å². The van der Waals surface area contributed by atoms with E-state index in [0.717, 1.165) is 17.0 Å². The van der Waals surface area contributed by atoms with Crippen LogP contribution in [0.4, 0.5) is 0 Å². The Balaban J connectivity index is 3.25. The Morgan fingerprint density at radius 1 is 1.60 bits per heavy atom. The number of hydrogen-bond acceptors (Lipinski definition) is 2. The number of carboxylic acids is 1. The zero-order valence-electron chi connectivity index (χ0n) is 8.90. The third-order valence-electron chi connectivity index (χ3n) is 2.47. The minimum atomic E-state index is -1.20. The lowest BCUT2D eigenvalue weighted by Crippen LogP contribution is -1.98. The van der Waals surface area contributed by atoms with E-state index in [4.69, 9.17) is 10.4 Å². The molecule has 0 unspecified atom stereocenters. The van der Waals surface area contributed by atoms with E-state index in [-0.39, 0.29) is 5.57 Å². The summed E-state index contributed by atoms with van der Waals surface area (Å²) in [5.41, 5.74) is 2.50. The zero-order valence-corrected chi connectivity index (χ0v) is 8.90. The molecule has 15 heavy (non-hydrogen) atoms. The summed E-state index contributed by atoms with van der Waals surface area (Å²) in [5.74, 6) is -1.20. The molecule has 0 spiro atoms. The molecule has 1 aromatic rings. The van der Waals surface area contributed by atoms with E-state index in [1.165, 1.54) is 6.08 Å². The maximum absolute atomic E-state index is 10.6. The molecule has 0 aliphatic heterocycles. The summed E-state index contributed by atoms with van der Waals surface area (Å²) in [4.78, 5) is 10.6. The Hall–Kier alpha value is -2.02. The zero-order chi connectivity index (χ0) is 11.6. The van der Waals surface area contributed by atoms with E-state index in [1.807, 2.05) is 31.5 Å². The van der Waals surface area contributed by atoms with Crippen LogP contribution in [0.15, 0.2) is 11.6 Å². The fourth-order valence-corrected chi connectivity index (χ4v) is 1.33. The number of aryl methyl sites for hydroxylation is 1. The molecule has 0 saturated heterocycles. The summed E-state index contributed by atoms with van der Waals surface area (Å²) in [5, 5.41) is 17.3. The van der Waals surface area contributed by atoms with Crippen LogP contribution in [0.2, 0.25) is 0 Å². The van der Waals surface area contributed by atoms with Crippen molar-refractivity contribution in [2.45, 2.75) is 13.8 Å². The lowest BCUT2D eigenvalue weighted by Gasteiger charge is -1.99. The van der Waals surface area contributed by atoms with E-state index in [9.17, 15) is 4.79 Å². The molecule has 0 radical (unpaired) electrons. The van der Waals surface area contributed by atoms with Gasteiger partial charge in [0.25, 0.3) is 0 Å². The maximum atomic E-state index is 10.6. The molecule has 0 bridgehead atoms. The monoisotopic (exact) mass is 204 g/mol. The van der Waals surface area contributed by atoms with Crippen LogP contribution < -0.4 is 0 Å². The molecule has 0 atom stereocenters. The number of carboxylic acid groups (broad SMARTS) is 1. The van der Waals surface area contributed by atoms with Gasteiger partial charge in [-0.25, -0.2) is 4.79 Å². The van der Waals surface area contributed by atoms with Crippen molar-refractivity contribution in [1.29, 1.82) is 5.26 Å². The van der Waals surface area contributed by atoms with Crippen molar-refractivity contribution >= 4 is 12.0 Å². The van der Waals surface area contributed by atoms with Crippen LogP contribution in [0.5, 0.6) is 0 Å². The SMILES string of the molecule is Cc1cc(C=C(C#N)C(=O)O)c(C)n1C. The van der Waals surface area contributed by atoms with Gasteiger partial charge in [0, 0.05) is 18.4 Å². The smallest absolute Gasteiger partial charge is 0.346 e. The van der Waals surface area contributed by atoms with Gasteiger partial charge in [-0.2, -0.15) is 5.26 Å². The van der Waals surface area contributed by atoms with Crippen LogP contribution in [-0.2, 0) is 11.8 Å². The number of hydrogen-bond donors (Lipinski definition) is 1. The highest BCUT2D eigenvalue weighted by molar-refractivity contribution is 5.96. The number of aromatic nitrogens is 1. The summed E-state index contributed by atoms with van der Waals surface area (Å²) in [7, 11) is 1.90. The van der Waals surface area contributed by atoms with Gasteiger partial charge in [-0.15, -0.1) is 0 Å². The Morgan fingerprint density at radius 2 is 2.20 bits per heavy atom. The molecule has 0 fully saturated rings. The highest BCUT2D eigenvalue weighted by Crippen LogP contribution is 2.16. The van der Waals surface area contributed by atoms with Gasteiger partial charge in [0.2, 0.25) is 0 Å². The predicted octanol–water partition coefficient (Wildman–Crippen LogP) is 1.63. The number of nitriles is 1. The molecular weight excluding hydrogens is 192 g/mol. The van der Waals surface area contributed by atoms with Crippen molar-refractivity contribution in [3.63, 3.8) is 0 Å². The van der Waals surface area contributed by atoms with Crippen molar-refractivity contribution in [3.8, 4) is 6.07 Å². The second kappa shape index (κ2) is 4.01. The first-order chi connectivity index (χ1) is 6.97. The summed E-state index contributed by atoms with van der Waals surface area (Å²) in [6.45, 7) is 3.81. The molecule has 78 valence electrons. The van der Waals surface area contributed by atoms with Crippen LogP contribution in [0, 0.1) is 25.2 Å². The summed E-state index contributed by atoms with van der Waals surface area (Å²) < 4.78 is 1.95. The van der Waals surface area contributed by atoms with Crippen LogP contribution in [0.1, 0.15) is 17.0 Å². The molecule has 4 heteroatoms. The molecule has 4 nitrogen and oxygen atoms in total. The topological polar surface area (TPSA) is 66.0 Å². The van der Waals surface area contributed by atoms with E-state index in [0.29, 0.717) is 0 Å². The standard InChI is InChI=1S/C11H12N2O2/c1-7-4-9(8(2)13(7)3)5-10(6-12)11(14)15/h4-5H,1-3H3,(H,14,15). The minimum absolute atomic E-state index is 0.247. The van der Waals surface area contributed by atoms with Gasteiger partial charge in [-0.1, -0.05) is 0 Å². The molecular formula is C11H12N2O2. The first kappa shape index (κ1) is 11.1. The summed E-state index contributed by atoms with van der Waals surface area (Å²) in [6, 6.07) is 3.51. The lowest BCUT2D eigenvalue weighted by atomic mass is 10.1. The number of nitrogens with zero attached hydrogens (tertiary/aromatic N) is 2. The van der Waals surface area contributed by atoms with Crippen LogP contribution in [0.25, 0.3) is 6.08 Å². The van der Waals surface area contributed by atoms with E-state index in [2.05, 4.69) is 0 Å². The molecule has 1 aromatic heterocycles. The molecule has 0 aromatic carbocycles. The Bertz CT molecular complexity index is 476. The molecule has 0 aliphatic carbocycles. The molecule has 1 N–H and O–H groups in total. The van der Waals surface area contributed by atoms with Crippen LogP contribution >= 0.6 is 0 Å². The molecule has 1 heterocycles. The Labute approximate surface area is 88.1 Å². The summed E-state index contributed by atoms with van der Waals surface area (Å²) >= 11 is 0. The fourth-order valence-electron chi connectivity index (χ4n) is 1.33. The number of carbonyl (C=O) groups is 1. The minimum Gasteiger partial charge on any atom is -0.477 e. The van der Waals surface area contributed by atoms with Gasteiger partial charge in [0.15, 0.2) is 0 Å². The quantitative estimate of drug-likeness (QED) is 0.588. The second-order valence-electron chi connectivity index (χ2n) is 3.36. The predicted molar refractivity (Wildman–Crippen MR) is 56.1 cm³/mol. The highest BCUT2D eigenvalue weighted by atomic mass is 16.4. The van der Waals surface area contributed by atoms with Gasteiger partial charge in [-0.3, -0.25) is 0 Å². The van der Waals surface area contributed by atoms with Gasteiger partial charge in [0.1, 0.15) is 11.6 Å². The van der Waals surface area contributed by atoms with Crippen LogP contribution in [-0.4, -0.2) is 15.6 Å². The van der Waals surface area contributed by atoms with E-state index in [1.54, 1.807) is 6.07 Å². The fraction of sp³-hybridized carbons (Fsp3) is 0.273. The average molecular weight is 204 g/mol. The Morgan fingerprint density at radius 3 is 2.53 bits per heavy atom. The maximum Gasteiger partial charge on any atom is 0.346 e. The van der Waals surface area contributed by atoms with Gasteiger partial charge >= 0.3 is 5.97 Å². The first-order valence-corrected chi connectivity index (χ1v) is 4.45. The molecule has 0 saturated carbocycles. The van der Waals surface area contributed by atoms with Gasteiger partial charge in [0.05, 0.1) is 0 Å². The van der Waals surface area contributed by atoms with E-state index < -0.39 is 5.97 Å². The van der Waals surface area contributed by atoms with Crippen molar-refractivity contribution in [2.75, 3.05) is 0 Å². The first-order valence-electron chi connectivity index (χ1n) is 4.45. The average Bonchev–Trinajstić information content (AvgIpc) is 2.42. The van der Waals surface area contributed by atoms with Crippen molar-refractivity contribution in [2.24, 2.45) is 7.05 Å². The third kappa shape index (κ3) is 2.08. The summed E-state index contributed by atoms with van der Waals surface area (Å²) in [6.07, 6.45) is 1.39. The molecule has 0 amide bonds. The largest absolute Gasteiger partial charge is 0.477 e. The normalized spacial score (nSPS) is 11.2. The highest BCUT2D eigenvalue weighted by Gasteiger charge is 2.09. The van der Waals surface area contributed by atoms with Gasteiger partial charge < -0.3 is 9.67 Å².